The molecule has 0 saturated heterocycles. The van der Waals surface area contributed by atoms with E-state index in [1.165, 1.54) is 0 Å². The highest BCUT2D eigenvalue weighted by Gasteiger charge is 2.18. The highest BCUT2D eigenvalue weighted by Crippen LogP contribution is 2.29. The molecule has 0 aliphatic rings. The zero-order valence-corrected chi connectivity index (χ0v) is 15.1. The Labute approximate surface area is 154 Å². The number of rotatable bonds is 4. The third-order valence-electron chi connectivity index (χ3n) is 4.35. The van der Waals surface area contributed by atoms with E-state index in [1.807, 2.05) is 31.2 Å². The van der Waals surface area contributed by atoms with Gasteiger partial charge in [0.15, 0.2) is 11.6 Å². The van der Waals surface area contributed by atoms with Crippen molar-refractivity contribution in [1.82, 2.24) is 20.2 Å². The number of nitrogens with one attached hydrogen (secondary N) is 1. The molecule has 0 aliphatic carbocycles. The van der Waals surface area contributed by atoms with E-state index in [0.29, 0.717) is 22.8 Å². The Balaban J connectivity index is 1.64. The number of benzene rings is 2. The van der Waals surface area contributed by atoms with Gasteiger partial charge < -0.3 is 14.5 Å². The van der Waals surface area contributed by atoms with Crippen LogP contribution in [0.3, 0.4) is 0 Å². The molecule has 1 amide bonds. The van der Waals surface area contributed by atoms with Crippen molar-refractivity contribution in [3.8, 4) is 17.1 Å². The van der Waals surface area contributed by atoms with Gasteiger partial charge in [0.2, 0.25) is 0 Å². The molecule has 1 N–H and O–H groups in total. The Bertz CT molecular complexity index is 1150. The lowest BCUT2D eigenvalue weighted by molar-refractivity contribution is 0.0998. The zero-order chi connectivity index (χ0) is 19.0. The van der Waals surface area contributed by atoms with Crippen molar-refractivity contribution in [2.75, 3.05) is 12.4 Å². The fourth-order valence-corrected chi connectivity index (χ4v) is 2.94. The van der Waals surface area contributed by atoms with Crippen molar-refractivity contribution in [2.24, 2.45) is 7.05 Å². The summed E-state index contributed by atoms with van der Waals surface area (Å²) in [4.78, 5) is 12.7. The van der Waals surface area contributed by atoms with Crippen LogP contribution >= 0.6 is 0 Å². The molecule has 2 aromatic heterocycles. The van der Waals surface area contributed by atoms with Crippen LogP contribution in [0.1, 0.15) is 16.1 Å². The Morgan fingerprint density at radius 1 is 1.22 bits per heavy atom. The molecule has 2 heterocycles. The number of fused-ring (bicyclic) bond motifs is 1. The predicted octanol–water partition coefficient (Wildman–Crippen LogP) is 3.19. The molecule has 4 rings (SSSR count). The molecule has 0 radical (unpaired) electrons. The fourth-order valence-electron chi connectivity index (χ4n) is 2.94. The van der Waals surface area contributed by atoms with Gasteiger partial charge in [0, 0.05) is 29.2 Å². The number of ether oxygens (including phenoxy) is 1. The van der Waals surface area contributed by atoms with E-state index < -0.39 is 0 Å². The number of furan rings is 1. The van der Waals surface area contributed by atoms with E-state index in [9.17, 15) is 4.79 Å². The SMILES string of the molecule is COc1ccc2oc(C(=O)Nc3cccc(-c4nnnn4C)c3)c(C)c2c1. The number of nitrogens with zero attached hydrogens (tertiary/aromatic N) is 4. The number of hydrogen-bond acceptors (Lipinski definition) is 6. The van der Waals surface area contributed by atoms with Gasteiger partial charge in [-0.2, -0.15) is 0 Å². The number of hydrogen-bond donors (Lipinski definition) is 1. The van der Waals surface area contributed by atoms with Crippen LogP contribution in [0.5, 0.6) is 5.75 Å². The molecule has 136 valence electrons. The van der Waals surface area contributed by atoms with Crippen LogP contribution in [0.15, 0.2) is 46.9 Å². The number of aryl methyl sites for hydroxylation is 2. The molecule has 2 aromatic carbocycles. The minimum atomic E-state index is -0.323. The molecule has 0 unspecified atom stereocenters. The van der Waals surface area contributed by atoms with Gasteiger partial charge in [0.1, 0.15) is 11.3 Å². The summed E-state index contributed by atoms with van der Waals surface area (Å²) in [6.07, 6.45) is 0. The first-order valence-corrected chi connectivity index (χ1v) is 8.28. The summed E-state index contributed by atoms with van der Waals surface area (Å²) in [5.74, 6) is 1.27. The number of aromatic nitrogens is 4. The number of carbonyl (C=O) groups excluding carboxylic acids is 1. The second-order valence-corrected chi connectivity index (χ2v) is 6.08. The van der Waals surface area contributed by atoms with E-state index in [0.717, 1.165) is 16.5 Å². The van der Waals surface area contributed by atoms with Gasteiger partial charge in [-0.1, -0.05) is 12.1 Å². The van der Waals surface area contributed by atoms with Crippen molar-refractivity contribution in [3.63, 3.8) is 0 Å². The molecule has 8 heteroatoms. The smallest absolute Gasteiger partial charge is 0.291 e. The monoisotopic (exact) mass is 363 g/mol. The standard InChI is InChI=1S/C19H17N5O3/c1-11-15-10-14(26-3)7-8-16(15)27-17(11)19(25)20-13-6-4-5-12(9-13)18-21-22-23-24(18)2/h4-10H,1-3H3,(H,20,25). The van der Waals surface area contributed by atoms with Gasteiger partial charge in [-0.15, -0.1) is 5.10 Å². The number of amides is 1. The second kappa shape index (κ2) is 6.56. The molecule has 8 nitrogen and oxygen atoms in total. The molecule has 0 atom stereocenters. The van der Waals surface area contributed by atoms with Crippen molar-refractivity contribution in [3.05, 3.63) is 53.8 Å². The van der Waals surface area contributed by atoms with Crippen LogP contribution in [0.25, 0.3) is 22.4 Å². The Morgan fingerprint density at radius 3 is 2.81 bits per heavy atom. The highest BCUT2D eigenvalue weighted by molar-refractivity contribution is 6.06. The molecule has 0 fully saturated rings. The number of tetrazole rings is 1. The summed E-state index contributed by atoms with van der Waals surface area (Å²) in [5.41, 5.74) is 2.82. The zero-order valence-electron chi connectivity index (χ0n) is 15.1. The van der Waals surface area contributed by atoms with Gasteiger partial charge in [-0.3, -0.25) is 4.79 Å². The van der Waals surface area contributed by atoms with Gasteiger partial charge in [-0.05, 0) is 47.7 Å². The third-order valence-corrected chi connectivity index (χ3v) is 4.35. The summed E-state index contributed by atoms with van der Waals surface area (Å²) >= 11 is 0. The van der Waals surface area contributed by atoms with Gasteiger partial charge in [-0.25, -0.2) is 4.68 Å². The Morgan fingerprint density at radius 2 is 2.07 bits per heavy atom. The molecule has 0 aliphatic heterocycles. The maximum Gasteiger partial charge on any atom is 0.291 e. The normalized spacial score (nSPS) is 10.9. The minimum absolute atomic E-state index is 0.268. The van der Waals surface area contributed by atoms with Crippen molar-refractivity contribution in [1.29, 1.82) is 0 Å². The van der Waals surface area contributed by atoms with Gasteiger partial charge in [0.25, 0.3) is 5.91 Å². The lowest BCUT2D eigenvalue weighted by Gasteiger charge is -2.06. The first kappa shape index (κ1) is 16.8. The van der Waals surface area contributed by atoms with Crippen LogP contribution < -0.4 is 10.1 Å². The number of carbonyl (C=O) groups is 1. The van der Waals surface area contributed by atoms with E-state index in [1.54, 1.807) is 37.0 Å². The predicted molar refractivity (Wildman–Crippen MR) is 99.7 cm³/mol. The van der Waals surface area contributed by atoms with Gasteiger partial charge >= 0.3 is 0 Å². The average Bonchev–Trinajstić information content (AvgIpc) is 3.25. The van der Waals surface area contributed by atoms with E-state index in [4.69, 9.17) is 9.15 Å². The lowest BCUT2D eigenvalue weighted by Crippen LogP contribution is -2.12. The van der Waals surface area contributed by atoms with Crippen molar-refractivity contribution in [2.45, 2.75) is 6.92 Å². The maximum atomic E-state index is 12.7. The van der Waals surface area contributed by atoms with Crippen LogP contribution in [0, 0.1) is 6.92 Å². The minimum Gasteiger partial charge on any atom is -0.497 e. The number of methoxy groups -OCH3 is 1. The summed E-state index contributed by atoms with van der Waals surface area (Å²) in [5, 5.41) is 15.2. The Hall–Kier alpha value is -3.68. The van der Waals surface area contributed by atoms with Crippen LogP contribution in [-0.4, -0.2) is 33.2 Å². The van der Waals surface area contributed by atoms with Gasteiger partial charge in [0.05, 0.1) is 7.11 Å². The largest absolute Gasteiger partial charge is 0.497 e. The van der Waals surface area contributed by atoms with E-state index >= 15 is 0 Å². The third kappa shape index (κ3) is 3.01. The summed E-state index contributed by atoms with van der Waals surface area (Å²) in [7, 11) is 3.36. The quantitative estimate of drug-likeness (QED) is 0.598. The van der Waals surface area contributed by atoms with Crippen LogP contribution in [-0.2, 0) is 7.05 Å². The first-order valence-electron chi connectivity index (χ1n) is 8.28. The van der Waals surface area contributed by atoms with E-state index in [-0.39, 0.29) is 11.7 Å². The molecule has 4 aromatic rings. The highest BCUT2D eigenvalue weighted by atomic mass is 16.5. The summed E-state index contributed by atoms with van der Waals surface area (Å²) in [6, 6.07) is 12.8. The topological polar surface area (TPSA) is 95.1 Å². The molecular weight excluding hydrogens is 346 g/mol. The molecule has 0 bridgehead atoms. The lowest BCUT2D eigenvalue weighted by atomic mass is 10.1. The van der Waals surface area contributed by atoms with Crippen molar-refractivity contribution >= 4 is 22.6 Å². The molecule has 27 heavy (non-hydrogen) atoms. The molecular formula is C19H17N5O3. The molecule has 0 saturated carbocycles. The number of anilines is 1. The molecule has 0 spiro atoms. The van der Waals surface area contributed by atoms with Crippen molar-refractivity contribution < 1.29 is 13.9 Å². The fraction of sp³-hybridized carbons (Fsp3) is 0.158. The van der Waals surface area contributed by atoms with E-state index in [2.05, 4.69) is 20.8 Å². The maximum absolute atomic E-state index is 12.7. The summed E-state index contributed by atoms with van der Waals surface area (Å²) < 4.78 is 12.6. The van der Waals surface area contributed by atoms with Crippen LogP contribution in [0.4, 0.5) is 5.69 Å². The Kier molecular flexibility index (Phi) is 4.08. The second-order valence-electron chi connectivity index (χ2n) is 6.08. The summed E-state index contributed by atoms with van der Waals surface area (Å²) in [6.45, 7) is 1.85. The van der Waals surface area contributed by atoms with Crippen LogP contribution in [0.2, 0.25) is 0 Å². The first-order chi connectivity index (χ1) is 13.1. The average molecular weight is 363 g/mol.